The van der Waals surface area contributed by atoms with Gasteiger partial charge in [-0.3, -0.25) is 4.68 Å². The van der Waals surface area contributed by atoms with Gasteiger partial charge in [-0.05, 0) is 6.92 Å². The highest BCUT2D eigenvalue weighted by molar-refractivity contribution is 5.28. The number of nitrogens with zero attached hydrogens (tertiary/aromatic N) is 5. The summed E-state index contributed by atoms with van der Waals surface area (Å²) in [6, 6.07) is 0. The SMILES string of the molecule is Cc1nn(CC(F)F)cc1Cn1nc(N)nc1N. The van der Waals surface area contributed by atoms with E-state index in [-0.39, 0.29) is 11.9 Å². The fraction of sp³-hybridized carbons (Fsp3) is 0.444. The minimum absolute atomic E-state index is 0.0742. The minimum Gasteiger partial charge on any atom is -0.368 e. The first-order chi connectivity index (χ1) is 8.45. The molecule has 98 valence electrons. The van der Waals surface area contributed by atoms with Crippen molar-refractivity contribution in [2.45, 2.75) is 26.4 Å². The fourth-order valence-corrected chi connectivity index (χ4v) is 1.60. The molecule has 0 amide bonds. The van der Waals surface area contributed by atoms with Crippen LogP contribution in [0.3, 0.4) is 0 Å². The number of aryl methyl sites for hydroxylation is 1. The normalized spacial score (nSPS) is 11.3. The van der Waals surface area contributed by atoms with E-state index in [0.717, 1.165) is 5.56 Å². The van der Waals surface area contributed by atoms with E-state index in [2.05, 4.69) is 15.2 Å². The first kappa shape index (κ1) is 12.3. The van der Waals surface area contributed by atoms with Crippen molar-refractivity contribution in [3.8, 4) is 0 Å². The largest absolute Gasteiger partial charge is 0.368 e. The molecule has 0 atom stereocenters. The van der Waals surface area contributed by atoms with Crippen molar-refractivity contribution < 1.29 is 8.78 Å². The minimum atomic E-state index is -2.44. The van der Waals surface area contributed by atoms with Crippen LogP contribution in [0.1, 0.15) is 11.3 Å². The Labute approximate surface area is 101 Å². The lowest BCUT2D eigenvalue weighted by Gasteiger charge is -2.00. The summed E-state index contributed by atoms with van der Waals surface area (Å²) in [7, 11) is 0. The van der Waals surface area contributed by atoms with Crippen molar-refractivity contribution in [1.29, 1.82) is 0 Å². The molecule has 0 radical (unpaired) electrons. The van der Waals surface area contributed by atoms with Crippen molar-refractivity contribution in [1.82, 2.24) is 24.5 Å². The van der Waals surface area contributed by atoms with Gasteiger partial charge in [0, 0.05) is 11.8 Å². The van der Waals surface area contributed by atoms with E-state index in [4.69, 9.17) is 11.5 Å². The number of aromatic nitrogens is 5. The summed E-state index contributed by atoms with van der Waals surface area (Å²) in [5.74, 6) is 0.249. The molecule has 0 saturated heterocycles. The van der Waals surface area contributed by atoms with Gasteiger partial charge in [0.25, 0.3) is 6.43 Å². The van der Waals surface area contributed by atoms with Crippen LogP contribution in [-0.2, 0) is 13.1 Å². The third-order valence-corrected chi connectivity index (χ3v) is 2.41. The van der Waals surface area contributed by atoms with Crippen molar-refractivity contribution in [3.05, 3.63) is 17.5 Å². The molecule has 0 aliphatic heterocycles. The zero-order valence-electron chi connectivity index (χ0n) is 9.72. The molecule has 0 fully saturated rings. The molecule has 0 bridgehead atoms. The van der Waals surface area contributed by atoms with Crippen molar-refractivity contribution >= 4 is 11.9 Å². The number of nitrogens with two attached hydrogens (primary N) is 2. The Balaban J connectivity index is 2.19. The topological polar surface area (TPSA) is 101 Å². The van der Waals surface area contributed by atoms with Gasteiger partial charge < -0.3 is 11.5 Å². The van der Waals surface area contributed by atoms with Crippen LogP contribution in [0, 0.1) is 6.92 Å². The molecular weight excluding hydrogens is 244 g/mol. The Morgan fingerprint density at radius 1 is 1.33 bits per heavy atom. The highest BCUT2D eigenvalue weighted by atomic mass is 19.3. The van der Waals surface area contributed by atoms with Crippen molar-refractivity contribution in [2.75, 3.05) is 11.5 Å². The number of halogens is 2. The van der Waals surface area contributed by atoms with Crippen molar-refractivity contribution in [3.63, 3.8) is 0 Å². The number of rotatable bonds is 4. The summed E-state index contributed by atoms with van der Waals surface area (Å²) in [5.41, 5.74) is 12.4. The Kier molecular flexibility index (Phi) is 3.13. The van der Waals surface area contributed by atoms with E-state index < -0.39 is 13.0 Å². The lowest BCUT2D eigenvalue weighted by Crippen LogP contribution is -2.07. The summed E-state index contributed by atoms with van der Waals surface area (Å²) in [4.78, 5) is 3.75. The number of hydrogen-bond donors (Lipinski definition) is 2. The van der Waals surface area contributed by atoms with Gasteiger partial charge in [0.05, 0.1) is 12.2 Å². The number of alkyl halides is 2. The summed E-state index contributed by atoms with van der Waals surface area (Å²) in [6.07, 6.45) is -0.900. The van der Waals surface area contributed by atoms with E-state index in [1.807, 2.05) is 0 Å². The number of nitrogen functional groups attached to an aromatic ring is 2. The van der Waals surface area contributed by atoms with Crippen LogP contribution in [0.25, 0.3) is 0 Å². The average Bonchev–Trinajstić information content (AvgIpc) is 2.71. The molecular formula is C9H13F2N7. The standard InChI is InChI=1S/C9H13F2N7/c1-5-6(2-17(15-5)4-7(10)11)3-18-9(13)14-8(12)16-18/h2,7H,3-4H2,1H3,(H4,12,13,14,16). The molecule has 0 aliphatic carbocycles. The average molecular weight is 257 g/mol. The molecule has 9 heteroatoms. The van der Waals surface area contributed by atoms with E-state index in [1.54, 1.807) is 13.1 Å². The highest BCUT2D eigenvalue weighted by Gasteiger charge is 2.12. The maximum absolute atomic E-state index is 12.2. The van der Waals surface area contributed by atoms with Gasteiger partial charge >= 0.3 is 0 Å². The first-order valence-corrected chi connectivity index (χ1v) is 5.22. The smallest absolute Gasteiger partial charge is 0.257 e. The molecule has 18 heavy (non-hydrogen) atoms. The van der Waals surface area contributed by atoms with E-state index in [0.29, 0.717) is 12.2 Å². The molecule has 0 spiro atoms. The number of anilines is 2. The lowest BCUT2D eigenvalue weighted by atomic mass is 10.3. The summed E-state index contributed by atoms with van der Waals surface area (Å²) in [6.45, 7) is 1.59. The summed E-state index contributed by atoms with van der Waals surface area (Å²) in [5, 5.41) is 7.88. The Bertz CT molecular complexity index is 545. The van der Waals surface area contributed by atoms with E-state index in [1.165, 1.54) is 9.36 Å². The maximum Gasteiger partial charge on any atom is 0.257 e. The maximum atomic E-state index is 12.2. The fourth-order valence-electron chi connectivity index (χ4n) is 1.60. The van der Waals surface area contributed by atoms with Gasteiger partial charge in [-0.25, -0.2) is 13.5 Å². The van der Waals surface area contributed by atoms with Crippen LogP contribution >= 0.6 is 0 Å². The third kappa shape index (κ3) is 2.55. The van der Waals surface area contributed by atoms with E-state index in [9.17, 15) is 8.78 Å². The molecule has 0 saturated carbocycles. The monoisotopic (exact) mass is 257 g/mol. The van der Waals surface area contributed by atoms with Gasteiger partial charge in [0.1, 0.15) is 6.54 Å². The second-order valence-corrected chi connectivity index (χ2v) is 3.84. The number of hydrogen-bond acceptors (Lipinski definition) is 5. The molecule has 2 aromatic heterocycles. The van der Waals surface area contributed by atoms with Crippen LogP contribution < -0.4 is 11.5 Å². The van der Waals surface area contributed by atoms with Gasteiger partial charge in [0.2, 0.25) is 11.9 Å². The van der Waals surface area contributed by atoms with E-state index >= 15 is 0 Å². The van der Waals surface area contributed by atoms with Crippen LogP contribution in [0.15, 0.2) is 6.20 Å². The molecule has 7 nitrogen and oxygen atoms in total. The van der Waals surface area contributed by atoms with Crippen LogP contribution in [0.4, 0.5) is 20.7 Å². The molecule has 0 aromatic carbocycles. The predicted molar refractivity (Wildman–Crippen MR) is 60.9 cm³/mol. The van der Waals surface area contributed by atoms with Crippen LogP contribution in [0.5, 0.6) is 0 Å². The van der Waals surface area contributed by atoms with Crippen LogP contribution in [-0.4, -0.2) is 31.0 Å². The second-order valence-electron chi connectivity index (χ2n) is 3.84. The highest BCUT2D eigenvalue weighted by Crippen LogP contribution is 2.11. The molecule has 0 unspecified atom stereocenters. The zero-order valence-corrected chi connectivity index (χ0v) is 9.72. The lowest BCUT2D eigenvalue weighted by molar-refractivity contribution is 0.121. The Hall–Kier alpha value is -2.19. The summed E-state index contributed by atoms with van der Waals surface area (Å²) < 4.78 is 27.1. The third-order valence-electron chi connectivity index (χ3n) is 2.41. The molecule has 2 heterocycles. The Morgan fingerprint density at radius 3 is 2.61 bits per heavy atom. The van der Waals surface area contributed by atoms with Gasteiger partial charge in [-0.2, -0.15) is 10.1 Å². The Morgan fingerprint density at radius 2 is 2.06 bits per heavy atom. The van der Waals surface area contributed by atoms with Gasteiger partial charge in [-0.1, -0.05) is 0 Å². The van der Waals surface area contributed by atoms with Gasteiger partial charge in [0.15, 0.2) is 0 Å². The van der Waals surface area contributed by atoms with Crippen LogP contribution in [0.2, 0.25) is 0 Å². The zero-order chi connectivity index (χ0) is 13.3. The summed E-state index contributed by atoms with van der Waals surface area (Å²) >= 11 is 0. The second kappa shape index (κ2) is 4.59. The first-order valence-electron chi connectivity index (χ1n) is 5.22. The van der Waals surface area contributed by atoms with Crippen molar-refractivity contribution in [2.24, 2.45) is 0 Å². The molecule has 2 rings (SSSR count). The quantitative estimate of drug-likeness (QED) is 0.818. The van der Waals surface area contributed by atoms with Gasteiger partial charge in [-0.15, -0.1) is 5.10 Å². The molecule has 4 N–H and O–H groups in total. The molecule has 0 aliphatic rings. The molecule has 2 aromatic rings. The predicted octanol–water partition coefficient (Wildman–Crippen LogP) is 0.261.